The molecule has 2 rings (SSSR count). The van der Waals surface area contributed by atoms with E-state index in [1.165, 1.54) is 14.2 Å². The van der Waals surface area contributed by atoms with Crippen LogP contribution in [0.4, 0.5) is 0 Å². The van der Waals surface area contributed by atoms with E-state index in [1.807, 2.05) is 18.2 Å². The lowest BCUT2D eigenvalue weighted by atomic mass is 10.1. The molecule has 4 heteroatoms. The average Bonchev–Trinajstić information content (AvgIpc) is 2.75. The molecule has 2 aromatic rings. The first-order valence-electron chi connectivity index (χ1n) is 6.30. The summed E-state index contributed by atoms with van der Waals surface area (Å²) in [5.74, 6) is 0. The van der Waals surface area contributed by atoms with Crippen LogP contribution in [0, 0.1) is 0 Å². The standard InChI is InChI=1S/C15H17BrClNS/c1-10(8-12-4-3-5-13(17)9-12)18-11(2)14-6-7-15(16)19-14/h3-7,9-11,18H,8H2,1-2H3. The molecule has 0 aliphatic heterocycles. The van der Waals surface area contributed by atoms with Gasteiger partial charge < -0.3 is 5.32 Å². The maximum atomic E-state index is 6.01. The van der Waals surface area contributed by atoms with Gasteiger partial charge >= 0.3 is 0 Å². The summed E-state index contributed by atoms with van der Waals surface area (Å²) in [4.78, 5) is 1.35. The van der Waals surface area contributed by atoms with Crippen LogP contribution in [-0.2, 0) is 6.42 Å². The van der Waals surface area contributed by atoms with Gasteiger partial charge in [-0.1, -0.05) is 23.7 Å². The number of hydrogen-bond acceptors (Lipinski definition) is 2. The van der Waals surface area contributed by atoms with Crippen molar-refractivity contribution in [2.45, 2.75) is 32.4 Å². The zero-order valence-corrected chi connectivity index (χ0v) is 14.1. The predicted molar refractivity (Wildman–Crippen MR) is 88.2 cm³/mol. The molecule has 0 spiro atoms. The fourth-order valence-corrected chi connectivity index (χ4v) is 3.79. The van der Waals surface area contributed by atoms with E-state index in [4.69, 9.17) is 11.6 Å². The SMILES string of the molecule is CC(Cc1cccc(Cl)c1)NC(C)c1ccc(Br)s1. The lowest BCUT2D eigenvalue weighted by Crippen LogP contribution is -2.30. The number of nitrogens with one attached hydrogen (secondary N) is 1. The summed E-state index contributed by atoms with van der Waals surface area (Å²) in [6, 6.07) is 13.1. The van der Waals surface area contributed by atoms with Crippen molar-refractivity contribution in [1.29, 1.82) is 0 Å². The van der Waals surface area contributed by atoms with Crippen LogP contribution in [0.25, 0.3) is 0 Å². The first kappa shape index (κ1) is 15.0. The Morgan fingerprint density at radius 2 is 2.05 bits per heavy atom. The molecule has 0 bridgehead atoms. The number of hydrogen-bond donors (Lipinski definition) is 1. The molecule has 0 radical (unpaired) electrons. The molecule has 1 heterocycles. The van der Waals surface area contributed by atoms with Crippen molar-refractivity contribution in [3.05, 3.63) is 55.6 Å². The molecule has 1 aromatic carbocycles. The molecule has 102 valence electrons. The summed E-state index contributed by atoms with van der Waals surface area (Å²) < 4.78 is 1.18. The molecule has 2 unspecified atom stereocenters. The Morgan fingerprint density at radius 3 is 2.68 bits per heavy atom. The van der Waals surface area contributed by atoms with E-state index in [0.717, 1.165) is 11.4 Å². The highest BCUT2D eigenvalue weighted by Crippen LogP contribution is 2.27. The quantitative estimate of drug-likeness (QED) is 0.749. The van der Waals surface area contributed by atoms with Gasteiger partial charge in [-0.2, -0.15) is 0 Å². The highest BCUT2D eigenvalue weighted by molar-refractivity contribution is 9.11. The topological polar surface area (TPSA) is 12.0 Å². The van der Waals surface area contributed by atoms with Gasteiger partial charge in [0.25, 0.3) is 0 Å². The first-order valence-corrected chi connectivity index (χ1v) is 8.29. The fourth-order valence-electron chi connectivity index (χ4n) is 2.15. The second-order valence-corrected chi connectivity index (χ2v) is 7.70. The minimum Gasteiger partial charge on any atom is -0.307 e. The van der Waals surface area contributed by atoms with Crippen LogP contribution < -0.4 is 5.32 Å². The Balaban J connectivity index is 1.92. The highest BCUT2D eigenvalue weighted by atomic mass is 79.9. The van der Waals surface area contributed by atoms with Crippen molar-refractivity contribution in [3.8, 4) is 0 Å². The summed E-state index contributed by atoms with van der Waals surface area (Å²) in [5.41, 5.74) is 1.27. The molecular formula is C15H17BrClNS. The third kappa shape index (κ3) is 4.60. The van der Waals surface area contributed by atoms with Crippen molar-refractivity contribution in [2.75, 3.05) is 0 Å². The van der Waals surface area contributed by atoms with Gasteiger partial charge in [-0.15, -0.1) is 11.3 Å². The summed E-state index contributed by atoms with van der Waals surface area (Å²) in [6.07, 6.45) is 0.984. The van der Waals surface area contributed by atoms with Crippen LogP contribution >= 0.6 is 38.9 Å². The van der Waals surface area contributed by atoms with Gasteiger partial charge in [0.05, 0.1) is 3.79 Å². The molecule has 1 nitrogen and oxygen atoms in total. The minimum atomic E-state index is 0.366. The van der Waals surface area contributed by atoms with E-state index >= 15 is 0 Å². The first-order chi connectivity index (χ1) is 9.04. The smallest absolute Gasteiger partial charge is 0.0701 e. The molecule has 1 aromatic heterocycles. The van der Waals surface area contributed by atoms with Gasteiger partial charge in [0.15, 0.2) is 0 Å². The predicted octanol–water partition coefficient (Wildman–Crippen LogP) is 5.45. The normalized spacial score (nSPS) is 14.3. The van der Waals surface area contributed by atoms with Gasteiger partial charge in [-0.05, 0) is 66.0 Å². The van der Waals surface area contributed by atoms with Crippen molar-refractivity contribution < 1.29 is 0 Å². The van der Waals surface area contributed by atoms with Crippen molar-refractivity contribution in [1.82, 2.24) is 5.32 Å². The van der Waals surface area contributed by atoms with Gasteiger partial charge in [0.1, 0.15) is 0 Å². The van der Waals surface area contributed by atoms with E-state index < -0.39 is 0 Å². The van der Waals surface area contributed by atoms with Gasteiger partial charge in [-0.3, -0.25) is 0 Å². The molecule has 0 amide bonds. The van der Waals surface area contributed by atoms with E-state index in [-0.39, 0.29) is 0 Å². The maximum absolute atomic E-state index is 6.01. The molecule has 0 aliphatic rings. The van der Waals surface area contributed by atoms with Crippen LogP contribution in [-0.4, -0.2) is 6.04 Å². The second-order valence-electron chi connectivity index (χ2n) is 4.77. The zero-order valence-electron chi connectivity index (χ0n) is 11.0. The Bertz CT molecular complexity index is 540. The maximum Gasteiger partial charge on any atom is 0.0701 e. The van der Waals surface area contributed by atoms with Crippen LogP contribution in [0.2, 0.25) is 5.02 Å². The van der Waals surface area contributed by atoms with E-state index in [0.29, 0.717) is 12.1 Å². The average molecular weight is 359 g/mol. The molecule has 2 atom stereocenters. The van der Waals surface area contributed by atoms with Crippen LogP contribution in [0.1, 0.15) is 30.3 Å². The van der Waals surface area contributed by atoms with Crippen molar-refractivity contribution in [2.24, 2.45) is 0 Å². The zero-order chi connectivity index (χ0) is 13.8. The molecule has 0 aliphatic carbocycles. The summed E-state index contributed by atoms with van der Waals surface area (Å²) in [7, 11) is 0. The Labute approximate surface area is 132 Å². The highest BCUT2D eigenvalue weighted by Gasteiger charge is 2.11. The second kappa shape index (κ2) is 6.89. The monoisotopic (exact) mass is 357 g/mol. The molecule has 19 heavy (non-hydrogen) atoms. The number of rotatable bonds is 5. The molecule has 0 saturated heterocycles. The van der Waals surface area contributed by atoms with E-state index in [2.05, 4.69) is 53.3 Å². The third-order valence-electron chi connectivity index (χ3n) is 2.99. The Morgan fingerprint density at radius 1 is 1.26 bits per heavy atom. The minimum absolute atomic E-state index is 0.366. The van der Waals surface area contributed by atoms with Gasteiger partial charge in [-0.25, -0.2) is 0 Å². The van der Waals surface area contributed by atoms with Crippen LogP contribution in [0.5, 0.6) is 0 Å². The lowest BCUT2D eigenvalue weighted by Gasteiger charge is -2.19. The number of thiophene rings is 1. The molecule has 0 saturated carbocycles. The third-order valence-corrected chi connectivity index (χ3v) is 5.03. The van der Waals surface area contributed by atoms with Crippen molar-refractivity contribution >= 4 is 38.9 Å². The lowest BCUT2D eigenvalue weighted by molar-refractivity contribution is 0.482. The summed E-state index contributed by atoms with van der Waals surface area (Å²) in [6.45, 7) is 4.41. The fraction of sp³-hybridized carbons (Fsp3) is 0.333. The van der Waals surface area contributed by atoms with E-state index in [9.17, 15) is 0 Å². The molecule has 0 fully saturated rings. The van der Waals surface area contributed by atoms with Gasteiger partial charge in [0.2, 0.25) is 0 Å². The van der Waals surface area contributed by atoms with Crippen LogP contribution in [0.3, 0.4) is 0 Å². The Hall–Kier alpha value is -0.350. The number of benzene rings is 1. The summed E-state index contributed by atoms with van der Waals surface area (Å²) in [5, 5.41) is 4.43. The van der Waals surface area contributed by atoms with E-state index in [1.54, 1.807) is 11.3 Å². The largest absolute Gasteiger partial charge is 0.307 e. The van der Waals surface area contributed by atoms with Crippen LogP contribution in [0.15, 0.2) is 40.2 Å². The summed E-state index contributed by atoms with van der Waals surface area (Å²) >= 11 is 11.3. The van der Waals surface area contributed by atoms with Gasteiger partial charge in [0, 0.05) is 22.0 Å². The number of halogens is 2. The van der Waals surface area contributed by atoms with Crippen molar-refractivity contribution in [3.63, 3.8) is 0 Å². The molecular weight excluding hydrogens is 342 g/mol. The molecule has 1 N–H and O–H groups in total. The Kier molecular flexibility index (Phi) is 5.46.